The Balaban J connectivity index is 1.74. The molecule has 1 amide bonds. The number of rotatable bonds is 15. The number of aryl methyl sites for hydroxylation is 1. The van der Waals surface area contributed by atoms with Crippen LogP contribution in [-0.4, -0.2) is 51.0 Å². The van der Waals surface area contributed by atoms with Gasteiger partial charge in [-0.05, 0) is 55.4 Å². The molecule has 3 aromatic rings. The van der Waals surface area contributed by atoms with Crippen LogP contribution in [-0.2, 0) is 18.3 Å². The molecule has 0 radical (unpaired) electrons. The van der Waals surface area contributed by atoms with Crippen LogP contribution in [0.1, 0.15) is 73.0 Å². The van der Waals surface area contributed by atoms with Gasteiger partial charge in [0.05, 0.1) is 17.3 Å². The number of amides is 1. The first-order valence-electron chi connectivity index (χ1n) is 13.8. The number of hydrogen-bond acceptors (Lipinski definition) is 6. The van der Waals surface area contributed by atoms with Crippen LogP contribution in [0.15, 0.2) is 48.7 Å². The molecule has 220 valence electrons. The number of aliphatic carboxylic acids is 1. The van der Waals surface area contributed by atoms with E-state index >= 15 is 0 Å². The Morgan fingerprint density at radius 3 is 2.44 bits per heavy atom. The Bertz CT molecular complexity index is 1360. The fraction of sp³-hybridized carbons (Fsp3) is 0.419. The molecule has 4 N–H and O–H groups in total. The highest BCUT2D eigenvalue weighted by Crippen LogP contribution is 2.26. The van der Waals surface area contributed by atoms with Gasteiger partial charge in [-0.1, -0.05) is 56.1 Å². The quantitative estimate of drug-likeness (QED) is 0.207. The molecule has 9 nitrogen and oxygen atoms in total. The third kappa shape index (κ3) is 8.90. The van der Waals surface area contributed by atoms with Crippen molar-refractivity contribution in [2.75, 3.05) is 6.61 Å². The van der Waals surface area contributed by atoms with Gasteiger partial charge in [-0.25, -0.2) is 4.98 Å². The predicted molar refractivity (Wildman–Crippen MR) is 159 cm³/mol. The minimum absolute atomic E-state index is 0.100. The highest BCUT2D eigenvalue weighted by Gasteiger charge is 2.21. The summed E-state index contributed by atoms with van der Waals surface area (Å²) in [6, 6.07) is 11.7. The highest BCUT2D eigenvalue weighted by molar-refractivity contribution is 6.32. The van der Waals surface area contributed by atoms with E-state index in [0.717, 1.165) is 17.5 Å². The van der Waals surface area contributed by atoms with Crippen molar-refractivity contribution in [1.29, 1.82) is 0 Å². The molecular formula is C31H39ClN4O5. The zero-order valence-electron chi connectivity index (χ0n) is 24.0. The van der Waals surface area contributed by atoms with E-state index < -0.39 is 12.0 Å². The zero-order chi connectivity index (χ0) is 30.1. The van der Waals surface area contributed by atoms with E-state index in [-0.39, 0.29) is 23.7 Å². The van der Waals surface area contributed by atoms with Gasteiger partial charge in [0, 0.05) is 37.3 Å². The number of hydrogen-bond donors (Lipinski definition) is 3. The molecule has 3 atom stereocenters. The van der Waals surface area contributed by atoms with E-state index in [9.17, 15) is 19.5 Å². The average molecular weight is 583 g/mol. The summed E-state index contributed by atoms with van der Waals surface area (Å²) in [6.45, 7) is 5.85. The lowest BCUT2D eigenvalue weighted by molar-refractivity contribution is -0.139. The van der Waals surface area contributed by atoms with Gasteiger partial charge in [-0.2, -0.15) is 0 Å². The lowest BCUT2D eigenvalue weighted by Crippen LogP contribution is -2.38. The first-order valence-corrected chi connectivity index (χ1v) is 14.2. The number of nitrogens with two attached hydrogens (primary N) is 1. The van der Waals surface area contributed by atoms with E-state index in [0.29, 0.717) is 60.1 Å². The van der Waals surface area contributed by atoms with E-state index in [1.54, 1.807) is 29.8 Å². The van der Waals surface area contributed by atoms with Gasteiger partial charge < -0.3 is 25.5 Å². The largest absolute Gasteiger partial charge is 0.492 e. The lowest BCUT2D eigenvalue weighted by Gasteiger charge is -2.21. The number of benzene rings is 2. The number of Topliss-reactive ketones (excluding diaryl/α,β-unsaturated/α-hetero) is 1. The summed E-state index contributed by atoms with van der Waals surface area (Å²) in [5, 5.41) is 12.7. The second-order valence-electron chi connectivity index (χ2n) is 10.5. The smallest absolute Gasteiger partial charge is 0.320 e. The van der Waals surface area contributed by atoms with Crippen molar-refractivity contribution in [2.24, 2.45) is 18.7 Å². The fourth-order valence-electron chi connectivity index (χ4n) is 4.60. The zero-order valence-corrected chi connectivity index (χ0v) is 24.8. The number of ether oxygens (including phenoxy) is 1. The molecule has 0 saturated heterocycles. The summed E-state index contributed by atoms with van der Waals surface area (Å²) in [5.41, 5.74) is 8.82. The van der Waals surface area contributed by atoms with Crippen LogP contribution in [0.4, 0.5) is 0 Å². The van der Waals surface area contributed by atoms with Gasteiger partial charge in [0.25, 0.3) is 5.91 Å². The third-order valence-corrected chi connectivity index (χ3v) is 7.32. The fourth-order valence-corrected chi connectivity index (χ4v) is 4.84. The van der Waals surface area contributed by atoms with Gasteiger partial charge in [0.2, 0.25) is 0 Å². The molecule has 0 aliphatic carbocycles. The third-order valence-electron chi connectivity index (χ3n) is 7.02. The van der Waals surface area contributed by atoms with Gasteiger partial charge >= 0.3 is 5.97 Å². The molecular weight excluding hydrogens is 544 g/mol. The van der Waals surface area contributed by atoms with Gasteiger partial charge in [-0.3, -0.25) is 14.4 Å². The van der Waals surface area contributed by atoms with Crippen molar-refractivity contribution >= 4 is 29.3 Å². The summed E-state index contributed by atoms with van der Waals surface area (Å²) in [5.74, 6) is -0.638. The van der Waals surface area contributed by atoms with E-state index in [1.807, 2.05) is 44.3 Å². The number of aromatic nitrogens is 2. The van der Waals surface area contributed by atoms with Crippen molar-refractivity contribution in [2.45, 2.75) is 65.0 Å². The molecule has 2 aromatic carbocycles. The molecule has 41 heavy (non-hydrogen) atoms. The van der Waals surface area contributed by atoms with Crippen molar-refractivity contribution in [1.82, 2.24) is 14.9 Å². The van der Waals surface area contributed by atoms with Crippen molar-refractivity contribution in [3.05, 3.63) is 70.6 Å². The number of nitrogens with one attached hydrogen (secondary N) is 1. The topological polar surface area (TPSA) is 137 Å². The summed E-state index contributed by atoms with van der Waals surface area (Å²) < 4.78 is 7.33. The average Bonchev–Trinajstić information content (AvgIpc) is 3.33. The molecule has 1 unspecified atom stereocenters. The molecule has 10 heteroatoms. The van der Waals surface area contributed by atoms with Crippen molar-refractivity contribution < 1.29 is 24.2 Å². The molecule has 1 heterocycles. The minimum atomic E-state index is -1.02. The number of carboxylic acids is 1. The first kappa shape index (κ1) is 31.8. The second-order valence-corrected chi connectivity index (χ2v) is 10.9. The number of ketones is 1. The summed E-state index contributed by atoms with van der Waals surface area (Å²) in [6.07, 6.45) is 5.18. The number of imidazole rings is 1. The number of carbonyl (C=O) groups excluding carboxylic acids is 2. The van der Waals surface area contributed by atoms with Gasteiger partial charge in [0.15, 0.2) is 11.6 Å². The second kappa shape index (κ2) is 14.8. The van der Waals surface area contributed by atoms with E-state index in [4.69, 9.17) is 22.1 Å². The summed E-state index contributed by atoms with van der Waals surface area (Å²) >= 11 is 6.35. The monoisotopic (exact) mass is 582 g/mol. The Hall–Kier alpha value is -3.69. The summed E-state index contributed by atoms with van der Waals surface area (Å²) in [4.78, 5) is 40.7. The van der Waals surface area contributed by atoms with Crippen molar-refractivity contribution in [3.8, 4) is 17.0 Å². The normalized spacial score (nSPS) is 13.3. The van der Waals surface area contributed by atoms with Crippen molar-refractivity contribution in [3.63, 3.8) is 0 Å². The standard InChI is InChI=1S/C31H39ClN4O5/c1-5-15-41-27-14-13-23(17-25(27)32)30(38)34-24(8-6-7-19(2)28(33)31(39)40)16-21-9-11-22(12-10-21)26-18-36(4)29(35-26)20(3)37/h9-14,17-19,24,28H,5-8,15-16,33H2,1-4H3,(H,34,38)(H,39,40)/t19-,24?,28-/m0/s1. The number of carboxylic acid groups (broad SMARTS) is 1. The molecule has 0 aliphatic rings. The van der Waals surface area contributed by atoms with Gasteiger partial charge in [0.1, 0.15) is 11.8 Å². The van der Waals surface area contributed by atoms with Crippen LogP contribution in [0.25, 0.3) is 11.3 Å². The lowest BCUT2D eigenvalue weighted by atomic mass is 9.93. The predicted octanol–water partition coefficient (Wildman–Crippen LogP) is 5.29. The summed E-state index contributed by atoms with van der Waals surface area (Å²) in [7, 11) is 1.79. The molecule has 0 fully saturated rings. The molecule has 0 spiro atoms. The molecule has 3 rings (SSSR count). The molecule has 0 saturated carbocycles. The minimum Gasteiger partial charge on any atom is -0.492 e. The highest BCUT2D eigenvalue weighted by atomic mass is 35.5. The maximum atomic E-state index is 13.2. The maximum Gasteiger partial charge on any atom is 0.320 e. The first-order chi connectivity index (χ1) is 19.5. The number of carbonyl (C=O) groups is 3. The Morgan fingerprint density at radius 1 is 1.15 bits per heavy atom. The van der Waals surface area contributed by atoms with Crippen LogP contribution >= 0.6 is 11.6 Å². The molecule has 0 bridgehead atoms. The number of halogens is 1. The maximum absolute atomic E-state index is 13.2. The van der Waals surface area contributed by atoms with Gasteiger partial charge in [-0.15, -0.1) is 0 Å². The Labute approximate surface area is 246 Å². The number of nitrogens with zero attached hydrogens (tertiary/aromatic N) is 2. The SMILES string of the molecule is CCCOc1ccc(C(=O)NC(CCC[C@H](C)[C@H](N)C(=O)O)Cc2ccc(-c3cn(C)c(C(C)=O)n3)cc2)cc1Cl. The molecule has 1 aromatic heterocycles. The van der Waals surface area contributed by atoms with Crippen LogP contribution in [0.3, 0.4) is 0 Å². The van der Waals surface area contributed by atoms with E-state index in [1.165, 1.54) is 6.92 Å². The Kier molecular flexibility index (Phi) is 11.5. The van der Waals surface area contributed by atoms with Crippen LogP contribution in [0.5, 0.6) is 5.75 Å². The van der Waals surface area contributed by atoms with Crippen LogP contribution < -0.4 is 15.8 Å². The van der Waals surface area contributed by atoms with E-state index in [2.05, 4.69) is 10.3 Å². The Morgan fingerprint density at radius 2 is 1.85 bits per heavy atom. The van der Waals surface area contributed by atoms with Crippen LogP contribution in [0.2, 0.25) is 5.02 Å². The molecule has 0 aliphatic heterocycles. The van der Waals surface area contributed by atoms with Crippen LogP contribution in [0, 0.1) is 5.92 Å².